The first-order chi connectivity index (χ1) is 11.5. The summed E-state index contributed by atoms with van der Waals surface area (Å²) in [5, 5.41) is 4.21. The molecule has 132 valence electrons. The van der Waals surface area contributed by atoms with Crippen LogP contribution in [0.1, 0.15) is 31.7 Å². The maximum absolute atomic E-state index is 14.8. The zero-order valence-corrected chi connectivity index (χ0v) is 14.6. The minimum absolute atomic E-state index is 0.200. The largest absolute Gasteiger partial charge is 0.342 e. The van der Waals surface area contributed by atoms with Gasteiger partial charge in [0.2, 0.25) is 5.91 Å². The molecular formula is C18H27FN4O. The lowest BCUT2D eigenvalue weighted by molar-refractivity contribution is -0.138. The third-order valence-corrected chi connectivity index (χ3v) is 6.19. The number of piperidine rings is 1. The van der Waals surface area contributed by atoms with Gasteiger partial charge in [0.1, 0.15) is 6.17 Å². The van der Waals surface area contributed by atoms with Gasteiger partial charge >= 0.3 is 0 Å². The summed E-state index contributed by atoms with van der Waals surface area (Å²) in [6.07, 6.45) is 5.45. The Kier molecular flexibility index (Phi) is 3.90. The van der Waals surface area contributed by atoms with Gasteiger partial charge in [0.25, 0.3) is 0 Å². The zero-order chi connectivity index (χ0) is 16.9. The van der Waals surface area contributed by atoms with Gasteiger partial charge in [-0.2, -0.15) is 5.10 Å². The van der Waals surface area contributed by atoms with E-state index in [-0.39, 0.29) is 17.2 Å². The first-order valence-electron chi connectivity index (χ1n) is 9.10. The normalized spacial score (nSPS) is 36.5. The van der Waals surface area contributed by atoms with E-state index in [1.54, 1.807) is 4.68 Å². The SMILES string of the molecule is CC1CC1C(=O)N1CCC(F)C2(CCN(Cc3cnn(C)c3)C2)C1. The first kappa shape index (κ1) is 16.1. The molecule has 0 aromatic carbocycles. The fourth-order valence-electron chi connectivity index (χ4n) is 4.54. The molecule has 6 heteroatoms. The Morgan fingerprint density at radius 1 is 1.42 bits per heavy atom. The number of aromatic nitrogens is 2. The molecule has 1 aliphatic carbocycles. The topological polar surface area (TPSA) is 41.4 Å². The Balaban J connectivity index is 1.42. The van der Waals surface area contributed by atoms with E-state index in [1.807, 2.05) is 24.3 Å². The molecular weight excluding hydrogens is 307 g/mol. The van der Waals surface area contributed by atoms with E-state index in [2.05, 4.69) is 16.9 Å². The van der Waals surface area contributed by atoms with Crippen LogP contribution >= 0.6 is 0 Å². The highest BCUT2D eigenvalue weighted by Gasteiger charge is 2.51. The number of carbonyl (C=O) groups is 1. The van der Waals surface area contributed by atoms with Crippen molar-refractivity contribution in [2.75, 3.05) is 26.2 Å². The Hall–Kier alpha value is -1.43. The van der Waals surface area contributed by atoms with E-state index in [1.165, 1.54) is 5.56 Å². The van der Waals surface area contributed by atoms with Crippen LogP contribution < -0.4 is 0 Å². The van der Waals surface area contributed by atoms with Crippen LogP contribution in [0.25, 0.3) is 0 Å². The van der Waals surface area contributed by atoms with Crippen LogP contribution in [0.2, 0.25) is 0 Å². The van der Waals surface area contributed by atoms with Gasteiger partial charge in [0.05, 0.1) is 6.20 Å². The molecule has 2 saturated heterocycles. The Morgan fingerprint density at radius 3 is 2.88 bits per heavy atom. The van der Waals surface area contributed by atoms with E-state index in [9.17, 15) is 9.18 Å². The van der Waals surface area contributed by atoms with E-state index < -0.39 is 6.17 Å². The molecule has 4 rings (SSSR count). The molecule has 4 unspecified atom stereocenters. The number of aryl methyl sites for hydroxylation is 1. The van der Waals surface area contributed by atoms with Gasteiger partial charge in [-0.1, -0.05) is 6.92 Å². The molecule has 5 nitrogen and oxygen atoms in total. The van der Waals surface area contributed by atoms with Gasteiger partial charge < -0.3 is 4.90 Å². The van der Waals surface area contributed by atoms with Crippen molar-refractivity contribution in [3.05, 3.63) is 18.0 Å². The maximum atomic E-state index is 14.8. The average Bonchev–Trinajstić information content (AvgIpc) is 2.94. The van der Waals surface area contributed by atoms with Crippen LogP contribution in [0.5, 0.6) is 0 Å². The number of rotatable bonds is 3. The third-order valence-electron chi connectivity index (χ3n) is 6.19. The highest BCUT2D eigenvalue weighted by atomic mass is 19.1. The second-order valence-electron chi connectivity index (χ2n) is 8.18. The van der Waals surface area contributed by atoms with Gasteiger partial charge in [0.15, 0.2) is 0 Å². The predicted molar refractivity (Wildman–Crippen MR) is 88.9 cm³/mol. The first-order valence-corrected chi connectivity index (χ1v) is 9.10. The highest BCUT2D eigenvalue weighted by Crippen LogP contribution is 2.44. The molecule has 2 aliphatic heterocycles. The van der Waals surface area contributed by atoms with Crippen LogP contribution in [0.15, 0.2) is 12.4 Å². The van der Waals surface area contributed by atoms with Crippen molar-refractivity contribution >= 4 is 5.91 Å². The van der Waals surface area contributed by atoms with Crippen molar-refractivity contribution in [1.82, 2.24) is 19.6 Å². The number of amides is 1. The van der Waals surface area contributed by atoms with Crippen LogP contribution in [0, 0.1) is 17.3 Å². The fourth-order valence-corrected chi connectivity index (χ4v) is 4.54. The second-order valence-corrected chi connectivity index (χ2v) is 8.18. The molecule has 1 amide bonds. The summed E-state index contributed by atoms with van der Waals surface area (Å²) in [5.41, 5.74) is 0.800. The van der Waals surface area contributed by atoms with Crippen molar-refractivity contribution in [2.24, 2.45) is 24.3 Å². The summed E-state index contributed by atoms with van der Waals surface area (Å²) in [7, 11) is 1.91. The van der Waals surface area contributed by atoms with Crippen LogP contribution in [0.4, 0.5) is 4.39 Å². The summed E-state index contributed by atoms with van der Waals surface area (Å²) < 4.78 is 16.6. The minimum atomic E-state index is -0.794. The molecule has 1 saturated carbocycles. The van der Waals surface area contributed by atoms with Crippen LogP contribution in [0.3, 0.4) is 0 Å². The predicted octanol–water partition coefficient (Wildman–Crippen LogP) is 1.84. The number of halogens is 1. The molecule has 3 heterocycles. The molecule has 0 bridgehead atoms. The number of carbonyl (C=O) groups excluding carboxylic acids is 1. The number of likely N-dealkylation sites (tertiary alicyclic amines) is 2. The van der Waals surface area contributed by atoms with Crippen molar-refractivity contribution in [3.63, 3.8) is 0 Å². The highest BCUT2D eigenvalue weighted by molar-refractivity contribution is 5.81. The number of hydrogen-bond acceptors (Lipinski definition) is 3. The Morgan fingerprint density at radius 2 is 2.21 bits per heavy atom. The number of alkyl halides is 1. The molecule has 3 fully saturated rings. The maximum Gasteiger partial charge on any atom is 0.225 e. The summed E-state index contributed by atoms with van der Waals surface area (Å²) >= 11 is 0. The Bertz CT molecular complexity index is 632. The van der Waals surface area contributed by atoms with Gasteiger partial charge in [0, 0.05) is 56.3 Å². The summed E-state index contributed by atoms with van der Waals surface area (Å²) in [5.74, 6) is 0.979. The van der Waals surface area contributed by atoms with Crippen LogP contribution in [-0.4, -0.2) is 57.8 Å². The Labute approximate surface area is 142 Å². The molecule has 3 aliphatic rings. The lowest BCUT2D eigenvalue weighted by Crippen LogP contribution is -2.53. The molecule has 0 radical (unpaired) electrons. The second kappa shape index (κ2) is 5.83. The standard InChI is InChI=1S/C18H27FN4O/c1-13-7-15(13)17(24)23-5-3-16(19)18(12-23)4-6-22(11-18)10-14-8-20-21(2)9-14/h8-9,13,15-16H,3-7,10-12H2,1-2H3. The zero-order valence-electron chi connectivity index (χ0n) is 14.6. The number of hydrogen-bond donors (Lipinski definition) is 0. The molecule has 1 spiro atoms. The van der Waals surface area contributed by atoms with Crippen molar-refractivity contribution in [2.45, 2.75) is 38.9 Å². The fraction of sp³-hybridized carbons (Fsp3) is 0.778. The minimum Gasteiger partial charge on any atom is -0.342 e. The van der Waals surface area contributed by atoms with Crippen molar-refractivity contribution in [3.8, 4) is 0 Å². The summed E-state index contributed by atoms with van der Waals surface area (Å²) in [4.78, 5) is 16.8. The molecule has 1 aromatic rings. The third kappa shape index (κ3) is 2.85. The van der Waals surface area contributed by atoms with Crippen LogP contribution in [-0.2, 0) is 18.4 Å². The quantitative estimate of drug-likeness (QED) is 0.847. The number of nitrogens with zero attached hydrogens (tertiary/aromatic N) is 4. The van der Waals surface area contributed by atoms with Crippen molar-refractivity contribution < 1.29 is 9.18 Å². The molecule has 0 N–H and O–H groups in total. The monoisotopic (exact) mass is 334 g/mol. The molecule has 24 heavy (non-hydrogen) atoms. The summed E-state index contributed by atoms with van der Waals surface area (Å²) in [6, 6.07) is 0. The smallest absolute Gasteiger partial charge is 0.225 e. The van der Waals surface area contributed by atoms with E-state index in [0.717, 1.165) is 32.5 Å². The van der Waals surface area contributed by atoms with E-state index >= 15 is 0 Å². The van der Waals surface area contributed by atoms with Gasteiger partial charge in [-0.05, 0) is 31.7 Å². The van der Waals surface area contributed by atoms with E-state index in [0.29, 0.717) is 25.4 Å². The van der Waals surface area contributed by atoms with Crippen molar-refractivity contribution in [1.29, 1.82) is 0 Å². The summed E-state index contributed by atoms with van der Waals surface area (Å²) in [6.45, 7) is 5.78. The van der Waals surface area contributed by atoms with Gasteiger partial charge in [-0.15, -0.1) is 0 Å². The lowest BCUT2D eigenvalue weighted by atomic mass is 9.77. The average molecular weight is 334 g/mol. The van der Waals surface area contributed by atoms with E-state index in [4.69, 9.17) is 0 Å². The van der Waals surface area contributed by atoms with Gasteiger partial charge in [-0.25, -0.2) is 4.39 Å². The molecule has 1 aromatic heterocycles. The van der Waals surface area contributed by atoms with Gasteiger partial charge in [-0.3, -0.25) is 14.4 Å². The molecule has 4 atom stereocenters. The lowest BCUT2D eigenvalue weighted by Gasteiger charge is -2.43.